The van der Waals surface area contributed by atoms with Crippen molar-refractivity contribution in [3.8, 4) is 5.88 Å². The summed E-state index contributed by atoms with van der Waals surface area (Å²) in [7, 11) is 2.04. The molecule has 0 saturated carbocycles. The van der Waals surface area contributed by atoms with Crippen LogP contribution in [0.5, 0.6) is 5.88 Å². The summed E-state index contributed by atoms with van der Waals surface area (Å²) in [5.41, 5.74) is -0.992. The lowest BCUT2D eigenvalue weighted by Gasteiger charge is -2.32. The minimum Gasteiger partial charge on any atom is -0.494 e. The van der Waals surface area contributed by atoms with Crippen LogP contribution in [0.1, 0.15) is 5.56 Å². The quantitative estimate of drug-likeness (QED) is 0.586. The largest absolute Gasteiger partial charge is 0.494 e. The lowest BCUT2D eigenvalue weighted by Crippen LogP contribution is -2.44. The number of aromatic amines is 2. The zero-order chi connectivity index (χ0) is 12.4. The van der Waals surface area contributed by atoms with Crippen LogP contribution in [0.2, 0.25) is 0 Å². The van der Waals surface area contributed by atoms with Gasteiger partial charge in [0.15, 0.2) is 0 Å². The number of nitrogens with zero attached hydrogens (tertiary/aromatic N) is 2. The third-order valence-corrected chi connectivity index (χ3v) is 3.00. The molecule has 0 amide bonds. The Kier molecular flexibility index (Phi) is 3.30. The van der Waals surface area contributed by atoms with Gasteiger partial charge < -0.3 is 10.0 Å². The Morgan fingerprint density at radius 1 is 1.18 bits per heavy atom. The highest BCUT2D eigenvalue weighted by atomic mass is 16.3. The van der Waals surface area contributed by atoms with Gasteiger partial charge in [-0.2, -0.15) is 0 Å². The van der Waals surface area contributed by atoms with Crippen molar-refractivity contribution in [3.63, 3.8) is 0 Å². The first kappa shape index (κ1) is 11.9. The van der Waals surface area contributed by atoms with Crippen LogP contribution >= 0.6 is 0 Å². The van der Waals surface area contributed by atoms with E-state index in [1.165, 1.54) is 0 Å². The Morgan fingerprint density at radius 2 is 1.82 bits per heavy atom. The van der Waals surface area contributed by atoms with Gasteiger partial charge in [-0.25, -0.2) is 4.79 Å². The predicted molar refractivity (Wildman–Crippen MR) is 62.1 cm³/mol. The molecular formula is C10H16N4O3. The van der Waals surface area contributed by atoms with Gasteiger partial charge in [0.2, 0.25) is 5.88 Å². The van der Waals surface area contributed by atoms with Gasteiger partial charge in [-0.05, 0) is 7.05 Å². The first-order chi connectivity index (χ1) is 8.06. The Hall–Kier alpha value is -1.60. The third-order valence-electron chi connectivity index (χ3n) is 3.00. The fraction of sp³-hybridized carbons (Fsp3) is 0.600. The molecule has 1 aliphatic rings. The van der Waals surface area contributed by atoms with E-state index in [-0.39, 0.29) is 11.4 Å². The molecule has 0 aliphatic carbocycles. The molecule has 0 spiro atoms. The van der Waals surface area contributed by atoms with Gasteiger partial charge >= 0.3 is 5.69 Å². The maximum Gasteiger partial charge on any atom is 0.328 e. The number of hydrogen-bond donors (Lipinski definition) is 3. The summed E-state index contributed by atoms with van der Waals surface area (Å²) in [6, 6.07) is 0. The summed E-state index contributed by atoms with van der Waals surface area (Å²) in [6.07, 6.45) is 0. The summed E-state index contributed by atoms with van der Waals surface area (Å²) in [4.78, 5) is 31.0. The van der Waals surface area contributed by atoms with Gasteiger partial charge in [0.05, 0.1) is 5.56 Å². The second kappa shape index (κ2) is 4.72. The summed E-state index contributed by atoms with van der Waals surface area (Å²) in [5.74, 6) is -0.335. The number of rotatable bonds is 2. The lowest BCUT2D eigenvalue weighted by atomic mass is 10.2. The van der Waals surface area contributed by atoms with E-state index in [9.17, 15) is 14.7 Å². The Labute approximate surface area is 97.7 Å². The van der Waals surface area contributed by atoms with Crippen LogP contribution in [0.3, 0.4) is 0 Å². The first-order valence-corrected chi connectivity index (χ1v) is 5.51. The fourth-order valence-electron chi connectivity index (χ4n) is 1.88. The number of hydrogen-bond acceptors (Lipinski definition) is 5. The number of likely N-dealkylation sites (N-methyl/N-ethyl adjacent to an activating group) is 1. The smallest absolute Gasteiger partial charge is 0.328 e. The number of piperazine rings is 1. The molecule has 94 valence electrons. The van der Waals surface area contributed by atoms with Crippen molar-refractivity contribution in [3.05, 3.63) is 26.4 Å². The zero-order valence-electron chi connectivity index (χ0n) is 9.69. The average Bonchev–Trinajstić information content (AvgIpc) is 2.26. The number of aromatic hydroxyl groups is 1. The lowest BCUT2D eigenvalue weighted by molar-refractivity contribution is 0.146. The summed E-state index contributed by atoms with van der Waals surface area (Å²) in [5, 5.41) is 9.54. The molecule has 1 aromatic rings. The molecule has 0 radical (unpaired) electrons. The fourth-order valence-corrected chi connectivity index (χ4v) is 1.88. The van der Waals surface area contributed by atoms with Crippen LogP contribution in [-0.2, 0) is 6.54 Å². The maximum atomic E-state index is 11.5. The van der Waals surface area contributed by atoms with Gasteiger partial charge in [0.25, 0.3) is 5.56 Å². The molecule has 0 atom stereocenters. The number of H-pyrrole nitrogens is 2. The van der Waals surface area contributed by atoms with E-state index in [4.69, 9.17) is 0 Å². The van der Waals surface area contributed by atoms with E-state index >= 15 is 0 Å². The summed E-state index contributed by atoms with van der Waals surface area (Å²) >= 11 is 0. The minimum absolute atomic E-state index is 0.217. The zero-order valence-corrected chi connectivity index (χ0v) is 9.69. The number of nitrogens with one attached hydrogen (secondary N) is 2. The molecular weight excluding hydrogens is 224 g/mol. The minimum atomic E-state index is -0.686. The molecule has 2 heterocycles. The van der Waals surface area contributed by atoms with Crippen LogP contribution in [0.4, 0.5) is 0 Å². The SMILES string of the molecule is CN1CCN(Cc2c(O)[nH]c(=O)[nH]c2=O)CC1. The standard InChI is InChI=1S/C10H16N4O3/c1-13-2-4-14(5-3-13)6-7-8(15)11-10(17)12-9(7)16/h2-6H2,1H3,(H3,11,12,15,16,17). The van der Waals surface area contributed by atoms with Gasteiger partial charge in [0, 0.05) is 32.7 Å². The van der Waals surface area contributed by atoms with Crippen LogP contribution < -0.4 is 11.2 Å². The molecule has 1 fully saturated rings. The molecule has 1 aliphatic heterocycles. The molecule has 1 aromatic heterocycles. The van der Waals surface area contributed by atoms with Crippen molar-refractivity contribution in [2.24, 2.45) is 0 Å². The van der Waals surface area contributed by atoms with Gasteiger partial charge in [-0.1, -0.05) is 0 Å². The van der Waals surface area contributed by atoms with Crippen molar-refractivity contribution in [1.29, 1.82) is 0 Å². The van der Waals surface area contributed by atoms with E-state index < -0.39 is 11.2 Å². The molecule has 3 N–H and O–H groups in total. The summed E-state index contributed by atoms with van der Waals surface area (Å²) in [6.45, 7) is 3.90. The monoisotopic (exact) mass is 240 g/mol. The number of aromatic nitrogens is 2. The Bertz CT molecular complexity index is 499. The molecule has 0 aromatic carbocycles. The van der Waals surface area contributed by atoms with E-state index in [1.807, 2.05) is 7.05 Å². The molecule has 7 nitrogen and oxygen atoms in total. The average molecular weight is 240 g/mol. The van der Waals surface area contributed by atoms with Crippen molar-refractivity contribution in [2.45, 2.75) is 6.54 Å². The highest BCUT2D eigenvalue weighted by molar-refractivity contribution is 5.20. The molecule has 0 bridgehead atoms. The first-order valence-electron chi connectivity index (χ1n) is 5.51. The van der Waals surface area contributed by atoms with Gasteiger partial charge in [-0.15, -0.1) is 0 Å². The molecule has 0 unspecified atom stereocenters. The van der Waals surface area contributed by atoms with Crippen molar-refractivity contribution >= 4 is 0 Å². The highest BCUT2D eigenvalue weighted by Gasteiger charge is 2.17. The van der Waals surface area contributed by atoms with Gasteiger partial charge in [-0.3, -0.25) is 19.7 Å². The molecule has 17 heavy (non-hydrogen) atoms. The van der Waals surface area contributed by atoms with E-state index in [0.717, 1.165) is 26.2 Å². The topological polar surface area (TPSA) is 92.4 Å². The Balaban J connectivity index is 2.14. The second-order valence-electron chi connectivity index (χ2n) is 4.31. The van der Waals surface area contributed by atoms with Crippen molar-refractivity contribution in [2.75, 3.05) is 33.2 Å². The van der Waals surface area contributed by atoms with Crippen LogP contribution in [-0.4, -0.2) is 58.1 Å². The van der Waals surface area contributed by atoms with E-state index in [2.05, 4.69) is 19.8 Å². The normalized spacial score (nSPS) is 18.4. The van der Waals surface area contributed by atoms with Crippen molar-refractivity contribution < 1.29 is 5.11 Å². The molecule has 7 heteroatoms. The van der Waals surface area contributed by atoms with Crippen molar-refractivity contribution in [1.82, 2.24) is 19.8 Å². The molecule has 1 saturated heterocycles. The highest BCUT2D eigenvalue weighted by Crippen LogP contribution is 2.10. The van der Waals surface area contributed by atoms with E-state index in [0.29, 0.717) is 6.54 Å². The van der Waals surface area contributed by atoms with Gasteiger partial charge in [0.1, 0.15) is 0 Å². The summed E-state index contributed by atoms with van der Waals surface area (Å²) < 4.78 is 0. The Morgan fingerprint density at radius 3 is 2.41 bits per heavy atom. The van der Waals surface area contributed by atoms with E-state index in [1.54, 1.807) is 0 Å². The predicted octanol–water partition coefficient (Wildman–Crippen LogP) is -1.48. The van der Waals surface area contributed by atoms with Crippen LogP contribution in [0.15, 0.2) is 9.59 Å². The third kappa shape index (κ3) is 2.75. The van der Waals surface area contributed by atoms with Crippen LogP contribution in [0, 0.1) is 0 Å². The van der Waals surface area contributed by atoms with Crippen LogP contribution in [0.25, 0.3) is 0 Å². The second-order valence-corrected chi connectivity index (χ2v) is 4.31. The maximum absolute atomic E-state index is 11.5. The molecule has 2 rings (SSSR count).